The van der Waals surface area contributed by atoms with E-state index >= 15 is 0 Å². The first-order valence-corrected chi connectivity index (χ1v) is 6.82. The summed E-state index contributed by atoms with van der Waals surface area (Å²) in [6.07, 6.45) is 3.88. The van der Waals surface area contributed by atoms with E-state index in [0.717, 1.165) is 17.7 Å². The number of aromatic nitrogens is 3. The van der Waals surface area contributed by atoms with Crippen LogP contribution in [0.4, 0.5) is 0 Å². The van der Waals surface area contributed by atoms with Crippen molar-refractivity contribution in [1.29, 1.82) is 0 Å². The highest BCUT2D eigenvalue weighted by molar-refractivity contribution is 5.52. The highest BCUT2D eigenvalue weighted by Gasteiger charge is 2.19. The molecule has 106 valence electrons. The standard InChI is InChI=1S/C16H15N3O2/c1-2-14(20-13-6-4-3-5-7-13)16-18-15(19-21-16)12-8-10-17-11-9-12/h3-11,14H,2H2,1H3/t14-/m1/s1. The Balaban J connectivity index is 1.81. The van der Waals surface area contributed by atoms with Gasteiger partial charge in [0, 0.05) is 18.0 Å². The third-order valence-electron chi connectivity index (χ3n) is 3.05. The number of para-hydroxylation sites is 1. The van der Waals surface area contributed by atoms with Crippen molar-refractivity contribution >= 4 is 0 Å². The van der Waals surface area contributed by atoms with Gasteiger partial charge < -0.3 is 9.26 Å². The highest BCUT2D eigenvalue weighted by atomic mass is 16.5. The maximum atomic E-state index is 5.89. The molecule has 2 aromatic heterocycles. The van der Waals surface area contributed by atoms with E-state index in [4.69, 9.17) is 9.26 Å². The fourth-order valence-electron chi connectivity index (χ4n) is 1.96. The molecular weight excluding hydrogens is 266 g/mol. The van der Waals surface area contributed by atoms with E-state index in [1.807, 2.05) is 49.4 Å². The van der Waals surface area contributed by atoms with Gasteiger partial charge in [-0.25, -0.2) is 0 Å². The summed E-state index contributed by atoms with van der Waals surface area (Å²) in [7, 11) is 0. The molecule has 2 heterocycles. The Hall–Kier alpha value is -2.69. The van der Waals surface area contributed by atoms with Crippen LogP contribution in [0.1, 0.15) is 25.3 Å². The first-order chi connectivity index (χ1) is 10.4. The Morgan fingerprint density at radius 1 is 1.10 bits per heavy atom. The van der Waals surface area contributed by atoms with Crippen LogP contribution < -0.4 is 4.74 Å². The maximum absolute atomic E-state index is 5.89. The molecule has 1 atom stereocenters. The minimum atomic E-state index is -0.254. The van der Waals surface area contributed by atoms with Crippen molar-refractivity contribution in [1.82, 2.24) is 15.1 Å². The smallest absolute Gasteiger partial charge is 0.268 e. The highest BCUT2D eigenvalue weighted by Crippen LogP contribution is 2.25. The van der Waals surface area contributed by atoms with Crippen LogP contribution in [-0.4, -0.2) is 15.1 Å². The van der Waals surface area contributed by atoms with E-state index in [9.17, 15) is 0 Å². The van der Waals surface area contributed by atoms with E-state index in [-0.39, 0.29) is 6.10 Å². The van der Waals surface area contributed by atoms with Crippen LogP contribution >= 0.6 is 0 Å². The van der Waals surface area contributed by atoms with Gasteiger partial charge in [-0.15, -0.1) is 0 Å². The molecule has 3 rings (SSSR count). The molecule has 5 heteroatoms. The molecule has 5 nitrogen and oxygen atoms in total. The molecule has 0 spiro atoms. The summed E-state index contributed by atoms with van der Waals surface area (Å²) < 4.78 is 11.2. The van der Waals surface area contributed by atoms with Crippen LogP contribution in [0.2, 0.25) is 0 Å². The van der Waals surface area contributed by atoms with Crippen molar-refractivity contribution < 1.29 is 9.26 Å². The Labute approximate surface area is 122 Å². The quantitative estimate of drug-likeness (QED) is 0.714. The van der Waals surface area contributed by atoms with Gasteiger partial charge in [-0.3, -0.25) is 4.98 Å². The minimum absolute atomic E-state index is 0.254. The lowest BCUT2D eigenvalue weighted by Crippen LogP contribution is -2.06. The van der Waals surface area contributed by atoms with Crippen LogP contribution in [0.15, 0.2) is 59.4 Å². The zero-order chi connectivity index (χ0) is 14.5. The second kappa shape index (κ2) is 6.17. The molecule has 0 aliphatic heterocycles. The topological polar surface area (TPSA) is 61.0 Å². The molecule has 0 fully saturated rings. The van der Waals surface area contributed by atoms with E-state index < -0.39 is 0 Å². The Bertz CT molecular complexity index is 683. The molecule has 0 bridgehead atoms. The first-order valence-electron chi connectivity index (χ1n) is 6.82. The summed E-state index contributed by atoms with van der Waals surface area (Å²) in [6, 6.07) is 13.3. The number of benzene rings is 1. The number of nitrogens with zero attached hydrogens (tertiary/aromatic N) is 3. The normalized spacial score (nSPS) is 12.0. The molecule has 21 heavy (non-hydrogen) atoms. The van der Waals surface area contributed by atoms with Crippen molar-refractivity contribution in [2.75, 3.05) is 0 Å². The van der Waals surface area contributed by atoms with Gasteiger partial charge in [0.1, 0.15) is 5.75 Å². The third kappa shape index (κ3) is 3.08. The fourth-order valence-corrected chi connectivity index (χ4v) is 1.96. The molecule has 3 aromatic rings. The van der Waals surface area contributed by atoms with E-state index in [1.165, 1.54) is 0 Å². The number of rotatable bonds is 5. The van der Waals surface area contributed by atoms with Gasteiger partial charge in [-0.05, 0) is 30.7 Å². The molecular formula is C16H15N3O2. The molecule has 0 radical (unpaired) electrons. The Kier molecular flexibility index (Phi) is 3.91. The van der Waals surface area contributed by atoms with E-state index in [2.05, 4.69) is 15.1 Å². The van der Waals surface area contributed by atoms with Gasteiger partial charge in [0.05, 0.1) is 0 Å². The zero-order valence-corrected chi connectivity index (χ0v) is 11.6. The van der Waals surface area contributed by atoms with Gasteiger partial charge in [0.2, 0.25) is 5.82 Å². The van der Waals surface area contributed by atoms with Crippen LogP contribution in [0.25, 0.3) is 11.4 Å². The van der Waals surface area contributed by atoms with Crippen LogP contribution in [-0.2, 0) is 0 Å². The molecule has 1 aromatic carbocycles. The summed E-state index contributed by atoms with van der Waals surface area (Å²) in [5.41, 5.74) is 0.870. The average molecular weight is 281 g/mol. The lowest BCUT2D eigenvalue weighted by Gasteiger charge is -2.13. The van der Waals surface area contributed by atoms with E-state index in [0.29, 0.717) is 11.7 Å². The van der Waals surface area contributed by atoms with Gasteiger partial charge >= 0.3 is 0 Å². The fraction of sp³-hybridized carbons (Fsp3) is 0.188. The number of pyridine rings is 1. The summed E-state index contributed by atoms with van der Waals surface area (Å²) in [5.74, 6) is 1.81. The largest absolute Gasteiger partial charge is 0.481 e. The van der Waals surface area contributed by atoms with E-state index in [1.54, 1.807) is 12.4 Å². The zero-order valence-electron chi connectivity index (χ0n) is 11.6. The summed E-state index contributed by atoms with van der Waals surface area (Å²) in [5, 5.41) is 4.00. The first kappa shape index (κ1) is 13.3. The minimum Gasteiger partial charge on any atom is -0.481 e. The van der Waals surface area contributed by atoms with Crippen LogP contribution in [0.5, 0.6) is 5.75 Å². The van der Waals surface area contributed by atoms with Crippen molar-refractivity contribution in [3.8, 4) is 17.1 Å². The molecule has 0 N–H and O–H groups in total. The van der Waals surface area contributed by atoms with Gasteiger partial charge in [0.15, 0.2) is 6.10 Å². The van der Waals surface area contributed by atoms with Gasteiger partial charge in [0.25, 0.3) is 5.89 Å². The Morgan fingerprint density at radius 2 is 1.86 bits per heavy atom. The van der Waals surface area contributed by atoms with Crippen molar-refractivity contribution in [3.63, 3.8) is 0 Å². The second-order valence-electron chi connectivity index (χ2n) is 4.52. The maximum Gasteiger partial charge on any atom is 0.268 e. The molecule has 0 aliphatic carbocycles. The lowest BCUT2D eigenvalue weighted by atomic mass is 10.2. The second-order valence-corrected chi connectivity index (χ2v) is 4.52. The van der Waals surface area contributed by atoms with Crippen molar-refractivity contribution in [2.45, 2.75) is 19.4 Å². The van der Waals surface area contributed by atoms with Crippen LogP contribution in [0.3, 0.4) is 0 Å². The Morgan fingerprint density at radius 3 is 2.57 bits per heavy atom. The van der Waals surface area contributed by atoms with Gasteiger partial charge in [-0.2, -0.15) is 4.98 Å². The van der Waals surface area contributed by atoms with Crippen molar-refractivity contribution in [2.24, 2.45) is 0 Å². The van der Waals surface area contributed by atoms with Crippen molar-refractivity contribution in [3.05, 3.63) is 60.7 Å². The molecule has 0 saturated heterocycles. The summed E-state index contributed by atoms with van der Waals surface area (Å²) in [6.45, 7) is 2.02. The summed E-state index contributed by atoms with van der Waals surface area (Å²) >= 11 is 0. The SMILES string of the molecule is CC[C@@H](Oc1ccccc1)c1nc(-c2ccncc2)no1. The third-order valence-corrected chi connectivity index (χ3v) is 3.05. The monoisotopic (exact) mass is 281 g/mol. The summed E-state index contributed by atoms with van der Waals surface area (Å²) in [4.78, 5) is 8.39. The average Bonchev–Trinajstić information content (AvgIpc) is 3.04. The number of hydrogen-bond donors (Lipinski definition) is 0. The lowest BCUT2D eigenvalue weighted by molar-refractivity contribution is 0.154. The van der Waals surface area contributed by atoms with Gasteiger partial charge in [-0.1, -0.05) is 30.3 Å². The predicted molar refractivity (Wildman–Crippen MR) is 77.6 cm³/mol. The molecule has 0 saturated carbocycles. The molecule has 0 amide bonds. The number of hydrogen-bond acceptors (Lipinski definition) is 5. The van der Waals surface area contributed by atoms with Crippen LogP contribution in [0, 0.1) is 0 Å². The molecule has 0 unspecified atom stereocenters. The predicted octanol–water partition coefficient (Wildman–Crippen LogP) is 3.66. The number of ether oxygens (including phenoxy) is 1. The molecule has 0 aliphatic rings.